The Bertz CT molecular complexity index is 73.0. The Morgan fingerprint density at radius 2 is 2.00 bits per heavy atom. The first-order chi connectivity index (χ1) is 4.30. The van der Waals surface area contributed by atoms with Crippen molar-refractivity contribution >= 4 is 31.9 Å². The van der Waals surface area contributed by atoms with Gasteiger partial charge in [0, 0.05) is 4.83 Å². The van der Waals surface area contributed by atoms with Gasteiger partial charge in [0.05, 0.1) is 4.83 Å². The van der Waals surface area contributed by atoms with Gasteiger partial charge in [-0.15, -0.1) is 0 Å². The molecule has 2 heteroatoms. The number of hydrogen-bond donors (Lipinski definition) is 0. The highest BCUT2D eigenvalue weighted by atomic mass is 79.9. The summed E-state index contributed by atoms with van der Waals surface area (Å²) in [7, 11) is 0. The minimum Gasteiger partial charge on any atom is -0.0875 e. The van der Waals surface area contributed by atoms with Crippen molar-refractivity contribution in [2.24, 2.45) is 0 Å². The molecule has 1 aliphatic carbocycles. The molecular weight excluding hydrogens is 244 g/mol. The van der Waals surface area contributed by atoms with Crippen molar-refractivity contribution in [1.29, 1.82) is 0 Å². The van der Waals surface area contributed by atoms with Crippen LogP contribution in [-0.2, 0) is 0 Å². The maximum Gasteiger partial charge on any atom is 0.0546 e. The Morgan fingerprint density at radius 3 is 2.78 bits per heavy atom. The van der Waals surface area contributed by atoms with Crippen LogP contribution in [0.2, 0.25) is 0 Å². The zero-order valence-corrected chi connectivity index (χ0v) is 8.54. The monoisotopic (exact) mass is 253 g/mol. The lowest BCUT2D eigenvalue weighted by Gasteiger charge is -2.09. The molecule has 1 rings (SSSR count). The van der Waals surface area contributed by atoms with E-state index in [0.717, 1.165) is 0 Å². The van der Waals surface area contributed by atoms with E-state index in [9.17, 15) is 0 Å². The molecule has 0 aromatic carbocycles. The van der Waals surface area contributed by atoms with E-state index in [-0.39, 0.29) is 0 Å². The molecule has 0 spiro atoms. The average Bonchev–Trinajstić information content (AvgIpc) is 1.99. The third-order valence-electron chi connectivity index (χ3n) is 1.71. The number of halogens is 2. The summed E-state index contributed by atoms with van der Waals surface area (Å²) in [6, 6.07) is 0. The predicted molar refractivity (Wildman–Crippen MR) is 48.0 cm³/mol. The van der Waals surface area contributed by atoms with Crippen LogP contribution in [0.5, 0.6) is 0 Å². The molecule has 0 amide bonds. The first-order valence-electron chi connectivity index (χ1n) is 3.46. The summed E-state index contributed by atoms with van der Waals surface area (Å²) in [4.78, 5) is 2.10. The first-order valence-corrected chi connectivity index (χ1v) is 5.17. The normalized spacial score (nSPS) is 32.0. The second-order valence-electron chi connectivity index (χ2n) is 2.51. The molecule has 0 aliphatic heterocycles. The summed E-state index contributed by atoms with van der Waals surface area (Å²) in [6.45, 7) is 0. The lowest BCUT2D eigenvalue weighted by Crippen LogP contribution is -2.01. The number of rotatable bonds is 0. The fraction of sp³-hybridized carbons (Fsp3) is 0.857. The molecule has 1 saturated carbocycles. The number of alkyl halides is 1. The maximum absolute atomic E-state index is 3.62. The molecule has 1 radical (unpaired) electrons. The van der Waals surface area contributed by atoms with Crippen LogP contribution in [0.3, 0.4) is 0 Å². The van der Waals surface area contributed by atoms with E-state index in [1.165, 1.54) is 36.9 Å². The van der Waals surface area contributed by atoms with Gasteiger partial charge in [0.15, 0.2) is 0 Å². The molecule has 0 aromatic heterocycles. The van der Waals surface area contributed by atoms with Gasteiger partial charge < -0.3 is 0 Å². The van der Waals surface area contributed by atoms with E-state index in [2.05, 4.69) is 31.9 Å². The van der Waals surface area contributed by atoms with Gasteiger partial charge in [-0.3, -0.25) is 0 Å². The van der Waals surface area contributed by atoms with Gasteiger partial charge in [0.2, 0.25) is 0 Å². The third-order valence-corrected chi connectivity index (χ3v) is 4.29. The van der Waals surface area contributed by atoms with E-state index < -0.39 is 0 Å². The lowest BCUT2D eigenvalue weighted by atomic mass is 10.2. The smallest absolute Gasteiger partial charge is 0.0546 e. The molecule has 0 bridgehead atoms. The second kappa shape index (κ2) is 3.97. The minimum absolute atomic E-state index is 0.639. The van der Waals surface area contributed by atoms with Crippen LogP contribution in [0.25, 0.3) is 0 Å². The van der Waals surface area contributed by atoms with Crippen molar-refractivity contribution in [2.45, 2.75) is 36.9 Å². The molecule has 1 aliphatic rings. The molecule has 53 valence electrons. The summed E-state index contributed by atoms with van der Waals surface area (Å²) < 4.78 is 0. The van der Waals surface area contributed by atoms with Crippen molar-refractivity contribution < 1.29 is 0 Å². The molecular formula is C7H11Br2. The van der Waals surface area contributed by atoms with Gasteiger partial charge in [0.25, 0.3) is 0 Å². The molecule has 9 heavy (non-hydrogen) atoms. The summed E-state index contributed by atoms with van der Waals surface area (Å²) in [5.74, 6) is 0. The quantitative estimate of drug-likeness (QED) is 0.458. The fourth-order valence-corrected chi connectivity index (χ4v) is 2.17. The van der Waals surface area contributed by atoms with Crippen molar-refractivity contribution in [1.82, 2.24) is 0 Å². The van der Waals surface area contributed by atoms with Crippen molar-refractivity contribution in [3.63, 3.8) is 0 Å². The van der Waals surface area contributed by atoms with Crippen LogP contribution >= 0.6 is 31.9 Å². The van der Waals surface area contributed by atoms with Crippen LogP contribution < -0.4 is 0 Å². The van der Waals surface area contributed by atoms with Gasteiger partial charge in [-0.25, -0.2) is 0 Å². The average molecular weight is 255 g/mol. The van der Waals surface area contributed by atoms with E-state index >= 15 is 0 Å². The van der Waals surface area contributed by atoms with Gasteiger partial charge in [-0.2, -0.15) is 0 Å². The van der Waals surface area contributed by atoms with E-state index in [0.29, 0.717) is 4.83 Å². The van der Waals surface area contributed by atoms with Crippen LogP contribution in [0.4, 0.5) is 0 Å². The maximum atomic E-state index is 3.62. The topological polar surface area (TPSA) is 0 Å². The molecule has 0 saturated heterocycles. The third kappa shape index (κ3) is 2.58. The molecule has 0 aromatic rings. The van der Waals surface area contributed by atoms with Crippen LogP contribution in [0.1, 0.15) is 32.1 Å². The molecule has 0 nitrogen and oxygen atoms in total. The molecule has 1 atom stereocenters. The zero-order chi connectivity index (χ0) is 6.69. The van der Waals surface area contributed by atoms with Crippen LogP contribution in [-0.4, -0.2) is 4.83 Å². The van der Waals surface area contributed by atoms with Gasteiger partial charge in [-0.1, -0.05) is 51.1 Å². The van der Waals surface area contributed by atoms with Crippen molar-refractivity contribution in [3.8, 4) is 0 Å². The standard InChI is InChI=1S/C7H11Br2/c8-6-4-2-1-3-5-7(6)9/h6H,1-5H2. The fourth-order valence-electron chi connectivity index (χ4n) is 1.11. The summed E-state index contributed by atoms with van der Waals surface area (Å²) in [5.41, 5.74) is 0. The minimum atomic E-state index is 0.639. The summed E-state index contributed by atoms with van der Waals surface area (Å²) in [5, 5.41) is 0. The van der Waals surface area contributed by atoms with E-state index in [4.69, 9.17) is 0 Å². The Hall–Kier alpha value is 0.960. The number of hydrogen-bond acceptors (Lipinski definition) is 0. The molecule has 1 unspecified atom stereocenters. The molecule has 0 N–H and O–H groups in total. The van der Waals surface area contributed by atoms with Gasteiger partial charge >= 0.3 is 0 Å². The van der Waals surface area contributed by atoms with Crippen molar-refractivity contribution in [2.75, 3.05) is 0 Å². The molecule has 1 fully saturated rings. The Labute approximate surface area is 73.7 Å². The second-order valence-corrected chi connectivity index (χ2v) is 4.64. The predicted octanol–water partition coefficient (Wildman–Crippen LogP) is 3.64. The van der Waals surface area contributed by atoms with E-state index in [1.807, 2.05) is 0 Å². The Balaban J connectivity index is 2.32. The Kier molecular flexibility index (Phi) is 3.55. The zero-order valence-electron chi connectivity index (χ0n) is 5.37. The van der Waals surface area contributed by atoms with Crippen LogP contribution in [0.15, 0.2) is 0 Å². The SMILES string of the molecule is Br[C]1CCCCCC1Br. The van der Waals surface area contributed by atoms with Gasteiger partial charge in [-0.05, 0) is 12.8 Å². The van der Waals surface area contributed by atoms with Gasteiger partial charge in [0.1, 0.15) is 0 Å². The Morgan fingerprint density at radius 1 is 1.22 bits per heavy atom. The first kappa shape index (κ1) is 8.06. The highest BCUT2D eigenvalue weighted by Gasteiger charge is 2.18. The summed E-state index contributed by atoms with van der Waals surface area (Å²) in [6.07, 6.45) is 6.71. The summed E-state index contributed by atoms with van der Waals surface area (Å²) >= 11 is 7.19. The highest BCUT2D eigenvalue weighted by molar-refractivity contribution is 9.13. The van der Waals surface area contributed by atoms with Crippen molar-refractivity contribution in [3.05, 3.63) is 4.83 Å². The molecule has 0 heterocycles. The van der Waals surface area contributed by atoms with Crippen LogP contribution in [0, 0.1) is 4.83 Å². The largest absolute Gasteiger partial charge is 0.0875 e. The van der Waals surface area contributed by atoms with E-state index in [1.54, 1.807) is 0 Å². The highest BCUT2D eigenvalue weighted by Crippen LogP contribution is 2.34. The lowest BCUT2D eigenvalue weighted by molar-refractivity contribution is 0.707.